The Kier molecular flexibility index (Phi) is 25.1. The molecule has 1 N–H and O–H groups in total. The molecule has 0 aromatic carbocycles. The van der Waals surface area contributed by atoms with Gasteiger partial charge >= 0.3 is 0 Å². The SMILES string of the molecule is CC.CC.CC.CC(C)CCCC(C)CCC(O)(CCC(C)CCCC(C)C)c1ccsc1-c1cccs1. The monoisotopic (exact) mass is 566 g/mol. The van der Waals surface area contributed by atoms with Gasteiger partial charge in [-0.25, -0.2) is 0 Å². The second-order valence-corrected chi connectivity index (χ2v) is 13.0. The predicted molar refractivity (Wildman–Crippen MR) is 180 cm³/mol. The van der Waals surface area contributed by atoms with Gasteiger partial charge in [0.1, 0.15) is 0 Å². The summed E-state index contributed by atoms with van der Waals surface area (Å²) in [7, 11) is 0. The normalized spacial score (nSPS) is 13.9. The summed E-state index contributed by atoms with van der Waals surface area (Å²) in [6, 6.07) is 6.52. The summed E-state index contributed by atoms with van der Waals surface area (Å²) in [5, 5.41) is 16.4. The second kappa shape index (κ2) is 24.2. The summed E-state index contributed by atoms with van der Waals surface area (Å²) in [5.41, 5.74) is 0.464. The lowest BCUT2D eigenvalue weighted by atomic mass is 9.80. The van der Waals surface area contributed by atoms with Gasteiger partial charge in [-0.2, -0.15) is 0 Å². The standard InChI is InChI=1S/C29H48OS2.3C2H6/c1-22(2)10-7-12-24(5)15-18-29(30,19-16-25(6)13-8-11-23(3)4)26-17-21-32-28(26)27-14-9-20-31-27;3*1-2/h9,14,17,20-25,30H,7-8,10-13,15-16,18-19H2,1-6H3;3*1-2H3. The largest absolute Gasteiger partial charge is 0.385 e. The zero-order chi connectivity index (χ0) is 29.6. The first-order chi connectivity index (χ1) is 18.2. The molecule has 0 saturated heterocycles. The van der Waals surface area contributed by atoms with E-state index in [9.17, 15) is 5.11 Å². The third kappa shape index (κ3) is 16.5. The summed E-state index contributed by atoms with van der Waals surface area (Å²) >= 11 is 3.57. The molecule has 0 aliphatic heterocycles. The number of rotatable bonds is 16. The van der Waals surface area contributed by atoms with Crippen LogP contribution < -0.4 is 0 Å². The van der Waals surface area contributed by atoms with Crippen LogP contribution in [0.3, 0.4) is 0 Å². The van der Waals surface area contributed by atoms with Crippen LogP contribution in [0.4, 0.5) is 0 Å². The van der Waals surface area contributed by atoms with E-state index in [4.69, 9.17) is 0 Å². The summed E-state index contributed by atoms with van der Waals surface area (Å²) < 4.78 is 0. The van der Waals surface area contributed by atoms with E-state index in [2.05, 4.69) is 70.5 Å². The second-order valence-electron chi connectivity index (χ2n) is 11.1. The van der Waals surface area contributed by atoms with Crippen molar-refractivity contribution < 1.29 is 5.11 Å². The molecular weight excluding hydrogens is 501 g/mol. The summed E-state index contributed by atoms with van der Waals surface area (Å²) in [6.07, 6.45) is 11.8. The van der Waals surface area contributed by atoms with Crippen molar-refractivity contribution in [2.45, 2.75) is 153 Å². The molecule has 2 heterocycles. The molecule has 2 aromatic rings. The molecule has 2 atom stereocenters. The van der Waals surface area contributed by atoms with Gasteiger partial charge in [0.05, 0.1) is 10.5 Å². The maximum atomic E-state index is 12.1. The molecule has 0 fully saturated rings. The molecule has 1 nitrogen and oxygen atoms in total. The Labute approximate surface area is 247 Å². The quantitative estimate of drug-likeness (QED) is 0.214. The fourth-order valence-electron chi connectivity index (χ4n) is 4.68. The van der Waals surface area contributed by atoms with Crippen molar-refractivity contribution in [2.75, 3.05) is 0 Å². The van der Waals surface area contributed by atoms with E-state index in [0.717, 1.165) is 37.5 Å². The molecule has 2 rings (SSSR count). The van der Waals surface area contributed by atoms with Crippen LogP contribution in [0.2, 0.25) is 0 Å². The Hall–Kier alpha value is -0.640. The van der Waals surface area contributed by atoms with Crippen molar-refractivity contribution in [2.24, 2.45) is 23.7 Å². The fourth-order valence-corrected chi connectivity index (χ4v) is 6.55. The maximum Gasteiger partial charge on any atom is 0.0911 e. The van der Waals surface area contributed by atoms with E-state index in [0.29, 0.717) is 11.8 Å². The minimum absolute atomic E-state index is 0.674. The number of hydrogen-bond acceptors (Lipinski definition) is 3. The first kappa shape index (κ1) is 39.5. The van der Waals surface area contributed by atoms with Gasteiger partial charge < -0.3 is 5.11 Å². The van der Waals surface area contributed by atoms with Crippen LogP contribution in [0.5, 0.6) is 0 Å². The van der Waals surface area contributed by atoms with E-state index < -0.39 is 5.60 Å². The van der Waals surface area contributed by atoms with E-state index in [1.54, 1.807) is 22.7 Å². The Bertz CT molecular complexity index is 705. The third-order valence-corrected chi connectivity index (χ3v) is 8.93. The maximum absolute atomic E-state index is 12.1. The van der Waals surface area contributed by atoms with Gasteiger partial charge in [-0.3, -0.25) is 0 Å². The van der Waals surface area contributed by atoms with E-state index in [-0.39, 0.29) is 0 Å². The lowest BCUT2D eigenvalue weighted by Crippen LogP contribution is -2.27. The van der Waals surface area contributed by atoms with Crippen molar-refractivity contribution in [1.82, 2.24) is 0 Å². The Morgan fingerprint density at radius 1 is 0.632 bits per heavy atom. The van der Waals surface area contributed by atoms with Crippen LogP contribution in [-0.4, -0.2) is 5.11 Å². The van der Waals surface area contributed by atoms with Gasteiger partial charge in [0.2, 0.25) is 0 Å². The molecule has 0 aliphatic rings. The molecule has 0 spiro atoms. The van der Waals surface area contributed by atoms with E-state index in [1.807, 2.05) is 41.5 Å². The lowest BCUT2D eigenvalue weighted by molar-refractivity contribution is 0.00750. The van der Waals surface area contributed by atoms with Crippen molar-refractivity contribution in [3.8, 4) is 9.75 Å². The van der Waals surface area contributed by atoms with Gasteiger partial charge in [0.15, 0.2) is 0 Å². The highest BCUT2D eigenvalue weighted by Gasteiger charge is 2.33. The number of aliphatic hydroxyl groups is 1. The average Bonchev–Trinajstić information content (AvgIpc) is 3.62. The van der Waals surface area contributed by atoms with Gasteiger partial charge in [0, 0.05) is 10.4 Å². The van der Waals surface area contributed by atoms with Crippen molar-refractivity contribution in [3.63, 3.8) is 0 Å². The molecule has 38 heavy (non-hydrogen) atoms. The first-order valence-corrected chi connectivity index (χ1v) is 17.8. The summed E-state index contributed by atoms with van der Waals surface area (Å²) in [4.78, 5) is 2.57. The minimum Gasteiger partial charge on any atom is -0.385 e. The average molecular weight is 567 g/mol. The van der Waals surface area contributed by atoms with Crippen molar-refractivity contribution in [3.05, 3.63) is 34.5 Å². The summed E-state index contributed by atoms with van der Waals surface area (Å²) in [6.45, 7) is 26.0. The molecule has 2 unspecified atom stereocenters. The smallest absolute Gasteiger partial charge is 0.0911 e. The molecule has 224 valence electrons. The van der Waals surface area contributed by atoms with Crippen LogP contribution >= 0.6 is 22.7 Å². The molecule has 0 saturated carbocycles. The highest BCUT2D eigenvalue weighted by atomic mass is 32.1. The van der Waals surface area contributed by atoms with Gasteiger partial charge in [-0.15, -0.1) is 22.7 Å². The summed E-state index contributed by atoms with van der Waals surface area (Å²) in [5.74, 6) is 2.92. The molecule has 3 heteroatoms. The van der Waals surface area contributed by atoms with Gasteiger partial charge in [-0.1, -0.05) is 128 Å². The van der Waals surface area contributed by atoms with Crippen molar-refractivity contribution in [1.29, 1.82) is 0 Å². The number of thiophene rings is 2. The Morgan fingerprint density at radius 2 is 1.11 bits per heavy atom. The zero-order valence-corrected chi connectivity index (χ0v) is 29.2. The fraction of sp³-hybridized carbons (Fsp3) is 0.771. The Morgan fingerprint density at radius 3 is 1.50 bits per heavy atom. The Balaban J connectivity index is 0. The zero-order valence-electron chi connectivity index (χ0n) is 27.5. The molecule has 0 bridgehead atoms. The van der Waals surface area contributed by atoms with Crippen LogP contribution in [0, 0.1) is 23.7 Å². The minimum atomic E-state index is -0.710. The third-order valence-electron chi connectivity index (χ3n) is 6.97. The lowest BCUT2D eigenvalue weighted by Gasteiger charge is -2.31. The predicted octanol–water partition coefficient (Wildman–Crippen LogP) is 13.2. The number of hydrogen-bond donors (Lipinski definition) is 1. The van der Waals surface area contributed by atoms with E-state index in [1.165, 1.54) is 53.8 Å². The highest BCUT2D eigenvalue weighted by Crippen LogP contribution is 2.44. The van der Waals surface area contributed by atoms with Crippen LogP contribution in [-0.2, 0) is 5.60 Å². The van der Waals surface area contributed by atoms with E-state index >= 15 is 0 Å². The first-order valence-electron chi connectivity index (χ1n) is 16.1. The molecule has 2 aromatic heterocycles. The topological polar surface area (TPSA) is 20.2 Å². The molecule has 0 amide bonds. The van der Waals surface area contributed by atoms with Crippen LogP contribution in [0.15, 0.2) is 29.0 Å². The van der Waals surface area contributed by atoms with Crippen LogP contribution in [0.25, 0.3) is 9.75 Å². The van der Waals surface area contributed by atoms with Crippen molar-refractivity contribution >= 4 is 22.7 Å². The highest BCUT2D eigenvalue weighted by molar-refractivity contribution is 7.20. The van der Waals surface area contributed by atoms with Gasteiger partial charge in [0.25, 0.3) is 0 Å². The molecule has 0 radical (unpaired) electrons. The van der Waals surface area contributed by atoms with Crippen LogP contribution in [0.1, 0.15) is 153 Å². The molecule has 0 aliphatic carbocycles. The van der Waals surface area contributed by atoms with Gasteiger partial charge in [-0.05, 0) is 72.2 Å². The molecular formula is C35H66OS2.